The summed E-state index contributed by atoms with van der Waals surface area (Å²) in [6.45, 7) is 1.04. The van der Waals surface area contributed by atoms with Crippen LogP contribution in [0.5, 0.6) is 0 Å². The summed E-state index contributed by atoms with van der Waals surface area (Å²) in [5, 5.41) is 3.55. The van der Waals surface area contributed by atoms with E-state index >= 15 is 0 Å². The fraction of sp³-hybridized carbons (Fsp3) is 0.263. The zero-order valence-electron chi connectivity index (χ0n) is 13.2. The molecule has 1 aliphatic rings. The molecule has 0 unspecified atom stereocenters. The predicted molar refractivity (Wildman–Crippen MR) is 95.1 cm³/mol. The van der Waals surface area contributed by atoms with Crippen molar-refractivity contribution in [1.29, 1.82) is 0 Å². The van der Waals surface area contributed by atoms with E-state index in [0.717, 1.165) is 11.3 Å². The van der Waals surface area contributed by atoms with Crippen molar-refractivity contribution in [2.24, 2.45) is 5.92 Å². The highest BCUT2D eigenvalue weighted by atomic mass is 35.5. The lowest BCUT2D eigenvalue weighted by atomic mass is 10.1. The first-order chi connectivity index (χ1) is 11.7. The third-order valence-corrected chi connectivity index (χ3v) is 4.61. The minimum Gasteiger partial charge on any atom is -0.355 e. The van der Waals surface area contributed by atoms with Gasteiger partial charge in [0, 0.05) is 23.8 Å². The van der Waals surface area contributed by atoms with Crippen molar-refractivity contribution in [3.63, 3.8) is 0 Å². The maximum absolute atomic E-state index is 12.5. The first-order valence-electron chi connectivity index (χ1n) is 8.04. The second kappa shape index (κ2) is 7.49. The van der Waals surface area contributed by atoms with Gasteiger partial charge in [0.25, 0.3) is 0 Å². The molecule has 3 rings (SSSR count). The predicted octanol–water partition coefficient (Wildman–Crippen LogP) is 3.05. The average molecular weight is 343 g/mol. The van der Waals surface area contributed by atoms with E-state index < -0.39 is 5.92 Å². The van der Waals surface area contributed by atoms with Crippen LogP contribution in [-0.2, 0) is 16.0 Å². The lowest BCUT2D eigenvalue weighted by molar-refractivity contribution is -0.132. The molecule has 0 saturated carbocycles. The molecule has 5 heteroatoms. The number of halogens is 1. The molecule has 2 amide bonds. The first-order valence-corrected chi connectivity index (χ1v) is 8.42. The molecule has 1 heterocycles. The van der Waals surface area contributed by atoms with Gasteiger partial charge in [-0.25, -0.2) is 0 Å². The number of rotatable bonds is 5. The third kappa shape index (κ3) is 3.60. The van der Waals surface area contributed by atoms with Crippen LogP contribution in [0.15, 0.2) is 54.6 Å². The van der Waals surface area contributed by atoms with Crippen molar-refractivity contribution in [3.8, 4) is 0 Å². The SMILES string of the molecule is O=C(NCCc1ccccc1Cl)[C@@H]1CCN(c2ccccc2)C1=O. The van der Waals surface area contributed by atoms with E-state index in [1.54, 1.807) is 4.90 Å². The van der Waals surface area contributed by atoms with Gasteiger partial charge in [-0.3, -0.25) is 9.59 Å². The van der Waals surface area contributed by atoms with Gasteiger partial charge in [-0.1, -0.05) is 48.0 Å². The molecule has 24 heavy (non-hydrogen) atoms. The van der Waals surface area contributed by atoms with Crippen LogP contribution >= 0.6 is 11.6 Å². The summed E-state index contributed by atoms with van der Waals surface area (Å²) in [7, 11) is 0. The average Bonchev–Trinajstić information content (AvgIpc) is 2.99. The summed E-state index contributed by atoms with van der Waals surface area (Å²) in [4.78, 5) is 26.5. The van der Waals surface area contributed by atoms with Crippen LogP contribution in [0.3, 0.4) is 0 Å². The maximum Gasteiger partial charge on any atom is 0.239 e. The van der Waals surface area contributed by atoms with Gasteiger partial charge in [-0.2, -0.15) is 0 Å². The van der Waals surface area contributed by atoms with Crippen molar-refractivity contribution in [3.05, 3.63) is 65.2 Å². The van der Waals surface area contributed by atoms with E-state index in [1.807, 2.05) is 54.6 Å². The molecular weight excluding hydrogens is 324 g/mol. The van der Waals surface area contributed by atoms with E-state index in [2.05, 4.69) is 5.32 Å². The normalized spacial score (nSPS) is 17.1. The van der Waals surface area contributed by atoms with Crippen LogP contribution in [0.2, 0.25) is 5.02 Å². The number of carbonyl (C=O) groups excluding carboxylic acids is 2. The van der Waals surface area contributed by atoms with Gasteiger partial charge in [-0.05, 0) is 36.6 Å². The van der Waals surface area contributed by atoms with Gasteiger partial charge >= 0.3 is 0 Å². The van der Waals surface area contributed by atoms with Crippen molar-refractivity contribution in [2.75, 3.05) is 18.0 Å². The lowest BCUT2D eigenvalue weighted by Crippen LogP contribution is -2.37. The van der Waals surface area contributed by atoms with Crippen molar-refractivity contribution < 1.29 is 9.59 Å². The molecular formula is C19H19ClN2O2. The number of carbonyl (C=O) groups is 2. The number of anilines is 1. The lowest BCUT2D eigenvalue weighted by Gasteiger charge is -2.16. The highest BCUT2D eigenvalue weighted by Crippen LogP contribution is 2.25. The van der Waals surface area contributed by atoms with Crippen molar-refractivity contribution >= 4 is 29.1 Å². The number of benzene rings is 2. The van der Waals surface area contributed by atoms with Gasteiger partial charge in [0.15, 0.2) is 0 Å². The Hall–Kier alpha value is -2.33. The molecule has 4 nitrogen and oxygen atoms in total. The highest BCUT2D eigenvalue weighted by Gasteiger charge is 2.37. The van der Waals surface area contributed by atoms with E-state index in [1.165, 1.54) is 0 Å². The minimum atomic E-state index is -0.601. The van der Waals surface area contributed by atoms with Gasteiger partial charge < -0.3 is 10.2 Å². The quantitative estimate of drug-likeness (QED) is 0.849. The maximum atomic E-state index is 12.5. The van der Waals surface area contributed by atoms with E-state index in [-0.39, 0.29) is 11.8 Å². The Morgan fingerprint density at radius 2 is 1.83 bits per heavy atom. The van der Waals surface area contributed by atoms with E-state index in [0.29, 0.717) is 31.0 Å². The fourth-order valence-corrected chi connectivity index (χ4v) is 3.16. The van der Waals surface area contributed by atoms with Crippen molar-refractivity contribution in [2.45, 2.75) is 12.8 Å². The smallest absolute Gasteiger partial charge is 0.239 e. The molecule has 1 fully saturated rings. The van der Waals surface area contributed by atoms with E-state index in [9.17, 15) is 9.59 Å². The van der Waals surface area contributed by atoms with Crippen LogP contribution in [0.4, 0.5) is 5.69 Å². The summed E-state index contributed by atoms with van der Waals surface area (Å²) >= 11 is 6.10. The summed E-state index contributed by atoms with van der Waals surface area (Å²) in [5.74, 6) is -0.932. The van der Waals surface area contributed by atoms with Crippen LogP contribution in [0.1, 0.15) is 12.0 Å². The second-order valence-electron chi connectivity index (χ2n) is 5.80. The Morgan fingerprint density at radius 1 is 1.12 bits per heavy atom. The topological polar surface area (TPSA) is 49.4 Å². The number of amides is 2. The second-order valence-corrected chi connectivity index (χ2v) is 6.21. The Morgan fingerprint density at radius 3 is 2.58 bits per heavy atom. The molecule has 0 spiro atoms. The largest absolute Gasteiger partial charge is 0.355 e. The summed E-state index contributed by atoms with van der Waals surface area (Å²) < 4.78 is 0. The summed E-state index contributed by atoms with van der Waals surface area (Å²) in [5.41, 5.74) is 1.83. The fourth-order valence-electron chi connectivity index (χ4n) is 2.93. The van der Waals surface area contributed by atoms with Gasteiger partial charge in [0.05, 0.1) is 0 Å². The highest BCUT2D eigenvalue weighted by molar-refractivity contribution is 6.31. The molecule has 124 valence electrons. The molecule has 0 radical (unpaired) electrons. The number of hydrogen-bond acceptors (Lipinski definition) is 2. The molecule has 0 aliphatic carbocycles. The summed E-state index contributed by atoms with van der Waals surface area (Å²) in [6, 6.07) is 17.0. The molecule has 0 bridgehead atoms. The van der Waals surface area contributed by atoms with Gasteiger partial charge in [0.2, 0.25) is 11.8 Å². The number of para-hydroxylation sites is 1. The van der Waals surface area contributed by atoms with Crippen LogP contribution in [0.25, 0.3) is 0 Å². The van der Waals surface area contributed by atoms with Gasteiger partial charge in [-0.15, -0.1) is 0 Å². The first kappa shape index (κ1) is 16.5. The summed E-state index contributed by atoms with van der Waals surface area (Å²) in [6.07, 6.45) is 1.19. The van der Waals surface area contributed by atoms with Crippen LogP contribution < -0.4 is 10.2 Å². The zero-order valence-corrected chi connectivity index (χ0v) is 14.0. The third-order valence-electron chi connectivity index (χ3n) is 4.24. The van der Waals surface area contributed by atoms with Gasteiger partial charge in [0.1, 0.15) is 5.92 Å². The molecule has 2 aromatic carbocycles. The van der Waals surface area contributed by atoms with Crippen LogP contribution in [-0.4, -0.2) is 24.9 Å². The minimum absolute atomic E-state index is 0.128. The Balaban J connectivity index is 1.54. The monoisotopic (exact) mass is 342 g/mol. The van der Waals surface area contributed by atoms with Crippen molar-refractivity contribution in [1.82, 2.24) is 5.32 Å². The zero-order chi connectivity index (χ0) is 16.9. The molecule has 1 atom stereocenters. The molecule has 2 aromatic rings. The number of hydrogen-bond donors (Lipinski definition) is 1. The number of nitrogens with zero attached hydrogens (tertiary/aromatic N) is 1. The molecule has 1 aliphatic heterocycles. The van der Waals surface area contributed by atoms with Crippen LogP contribution in [0, 0.1) is 5.92 Å². The Labute approximate surface area is 146 Å². The molecule has 0 aromatic heterocycles. The molecule has 1 N–H and O–H groups in total. The standard InChI is InChI=1S/C19H19ClN2O2/c20-17-9-5-4-6-14(17)10-12-21-18(23)16-11-13-22(19(16)24)15-7-2-1-3-8-15/h1-9,16H,10-13H2,(H,21,23)/t16-/m0/s1. The van der Waals surface area contributed by atoms with E-state index in [4.69, 9.17) is 11.6 Å². The Kier molecular flexibility index (Phi) is 5.16. The number of nitrogens with one attached hydrogen (secondary N) is 1. The molecule has 1 saturated heterocycles. The Bertz CT molecular complexity index is 733.